The SMILES string of the molecule is N#Cc1ccc2nc(-c3ccc(-c4ccc5cc(-c6ccc(-c7cc(F)cc(F)c7)cc6)ccc5c4)cc3)sc2c1. The van der Waals surface area contributed by atoms with Crippen LogP contribution in [0.2, 0.25) is 0 Å². The van der Waals surface area contributed by atoms with Gasteiger partial charge in [-0.25, -0.2) is 13.8 Å². The van der Waals surface area contributed by atoms with Crippen LogP contribution < -0.4 is 0 Å². The van der Waals surface area contributed by atoms with Gasteiger partial charge in [0.1, 0.15) is 16.6 Å². The van der Waals surface area contributed by atoms with Crippen LogP contribution in [0.5, 0.6) is 0 Å². The van der Waals surface area contributed by atoms with Crippen LogP contribution in [-0.4, -0.2) is 4.98 Å². The van der Waals surface area contributed by atoms with Crippen molar-refractivity contribution in [2.45, 2.75) is 0 Å². The summed E-state index contributed by atoms with van der Waals surface area (Å²) in [6.45, 7) is 0. The Morgan fingerprint density at radius 3 is 1.59 bits per heavy atom. The number of benzene rings is 6. The van der Waals surface area contributed by atoms with Crippen LogP contribution in [0.4, 0.5) is 8.78 Å². The van der Waals surface area contributed by atoms with Crippen LogP contribution in [0.25, 0.3) is 64.9 Å². The molecule has 7 rings (SSSR count). The van der Waals surface area contributed by atoms with Crippen LogP contribution in [0.15, 0.2) is 121 Å². The van der Waals surface area contributed by atoms with Crippen molar-refractivity contribution >= 4 is 32.3 Å². The minimum absolute atomic E-state index is 0.516. The molecular weight excluding hydrogens is 530 g/mol. The predicted octanol–water partition coefficient (Wildman–Crippen LogP) is 10.3. The van der Waals surface area contributed by atoms with Crippen molar-refractivity contribution in [3.63, 3.8) is 0 Å². The van der Waals surface area contributed by atoms with Crippen molar-refractivity contribution in [3.05, 3.63) is 139 Å². The molecule has 0 N–H and O–H groups in total. The summed E-state index contributed by atoms with van der Waals surface area (Å²) in [7, 11) is 0. The average molecular weight is 551 g/mol. The lowest BCUT2D eigenvalue weighted by molar-refractivity contribution is 0.584. The molecular formula is C36H20F2N2S. The summed E-state index contributed by atoms with van der Waals surface area (Å²) >= 11 is 1.59. The molecule has 194 valence electrons. The Morgan fingerprint density at radius 1 is 0.512 bits per heavy atom. The average Bonchev–Trinajstić information content (AvgIpc) is 3.44. The first-order valence-electron chi connectivity index (χ1n) is 13.0. The first kappa shape index (κ1) is 24.8. The monoisotopic (exact) mass is 550 g/mol. The molecule has 41 heavy (non-hydrogen) atoms. The van der Waals surface area contributed by atoms with E-state index in [0.29, 0.717) is 11.1 Å². The van der Waals surface area contributed by atoms with Gasteiger partial charge in [-0.1, -0.05) is 72.8 Å². The van der Waals surface area contributed by atoms with E-state index in [0.717, 1.165) is 65.4 Å². The maximum Gasteiger partial charge on any atom is 0.126 e. The molecule has 0 spiro atoms. The molecule has 6 aromatic carbocycles. The molecule has 0 aliphatic rings. The molecule has 0 unspecified atom stereocenters. The topological polar surface area (TPSA) is 36.7 Å². The van der Waals surface area contributed by atoms with E-state index in [9.17, 15) is 8.78 Å². The number of nitriles is 1. The van der Waals surface area contributed by atoms with Crippen molar-refractivity contribution in [1.29, 1.82) is 5.26 Å². The molecule has 0 fully saturated rings. The van der Waals surface area contributed by atoms with Gasteiger partial charge in [0.2, 0.25) is 0 Å². The summed E-state index contributed by atoms with van der Waals surface area (Å²) < 4.78 is 28.3. The summed E-state index contributed by atoms with van der Waals surface area (Å²) in [5.74, 6) is -1.17. The van der Waals surface area contributed by atoms with E-state index in [-0.39, 0.29) is 0 Å². The van der Waals surface area contributed by atoms with E-state index in [4.69, 9.17) is 10.2 Å². The maximum absolute atomic E-state index is 13.6. The Hall–Kier alpha value is -5.18. The predicted molar refractivity (Wildman–Crippen MR) is 164 cm³/mol. The van der Waals surface area contributed by atoms with E-state index in [2.05, 4.69) is 66.7 Å². The number of hydrogen-bond donors (Lipinski definition) is 0. The van der Waals surface area contributed by atoms with E-state index in [1.54, 1.807) is 17.4 Å². The summed E-state index contributed by atoms with van der Waals surface area (Å²) in [4.78, 5) is 4.74. The smallest absolute Gasteiger partial charge is 0.126 e. The third-order valence-corrected chi connectivity index (χ3v) is 8.30. The fourth-order valence-corrected chi connectivity index (χ4v) is 6.11. The second-order valence-corrected chi connectivity index (χ2v) is 10.9. The largest absolute Gasteiger partial charge is 0.236 e. The zero-order valence-electron chi connectivity index (χ0n) is 21.6. The molecule has 0 aliphatic carbocycles. The van der Waals surface area contributed by atoms with Crippen LogP contribution in [-0.2, 0) is 0 Å². The lowest BCUT2D eigenvalue weighted by Crippen LogP contribution is -1.85. The number of aromatic nitrogens is 1. The number of nitrogens with zero attached hydrogens (tertiary/aromatic N) is 2. The van der Waals surface area contributed by atoms with Gasteiger partial charge in [-0.2, -0.15) is 5.26 Å². The lowest BCUT2D eigenvalue weighted by atomic mass is 9.96. The van der Waals surface area contributed by atoms with Crippen LogP contribution >= 0.6 is 11.3 Å². The number of halogens is 2. The molecule has 7 aromatic rings. The quantitative estimate of drug-likeness (QED) is 0.219. The molecule has 0 radical (unpaired) electrons. The van der Waals surface area contributed by atoms with Crippen molar-refractivity contribution < 1.29 is 8.78 Å². The highest BCUT2D eigenvalue weighted by Crippen LogP contribution is 2.34. The van der Waals surface area contributed by atoms with Gasteiger partial charge in [-0.3, -0.25) is 0 Å². The number of hydrogen-bond acceptors (Lipinski definition) is 3. The summed E-state index contributed by atoms with van der Waals surface area (Å²) in [5.41, 5.74) is 8.23. The van der Waals surface area contributed by atoms with Crippen LogP contribution in [0.1, 0.15) is 5.56 Å². The minimum Gasteiger partial charge on any atom is -0.236 e. The standard InChI is InChI=1S/C36H20F2N2S/c37-32-18-31(19-33(38)20-32)25-4-2-23(3-5-25)27-10-12-30-17-28(11-13-29(30)16-27)24-6-8-26(9-7-24)36-40-34-14-1-22(21-39)15-35(34)41-36/h1-20H. The van der Waals surface area contributed by atoms with Gasteiger partial charge < -0.3 is 0 Å². The summed E-state index contributed by atoms with van der Waals surface area (Å²) in [6.07, 6.45) is 0. The zero-order valence-corrected chi connectivity index (χ0v) is 22.4. The summed E-state index contributed by atoms with van der Waals surface area (Å²) in [5, 5.41) is 12.4. The fourth-order valence-electron chi connectivity index (χ4n) is 5.10. The van der Waals surface area contributed by atoms with E-state index in [1.807, 2.05) is 36.4 Å². The Labute approximate surface area is 239 Å². The molecule has 0 bridgehead atoms. The third kappa shape index (κ3) is 4.86. The van der Waals surface area contributed by atoms with Gasteiger partial charge in [-0.05, 0) is 86.6 Å². The molecule has 5 heteroatoms. The highest BCUT2D eigenvalue weighted by atomic mass is 32.1. The van der Waals surface area contributed by atoms with Gasteiger partial charge >= 0.3 is 0 Å². The Morgan fingerprint density at radius 2 is 1.02 bits per heavy atom. The molecule has 0 saturated heterocycles. The zero-order chi connectivity index (χ0) is 27.9. The molecule has 0 saturated carbocycles. The highest BCUT2D eigenvalue weighted by Gasteiger charge is 2.09. The van der Waals surface area contributed by atoms with Crippen molar-refractivity contribution in [3.8, 4) is 50.0 Å². The highest BCUT2D eigenvalue weighted by molar-refractivity contribution is 7.21. The molecule has 2 nitrogen and oxygen atoms in total. The molecule has 0 aliphatic heterocycles. The Bertz CT molecular complexity index is 2100. The first-order valence-corrected chi connectivity index (χ1v) is 13.9. The van der Waals surface area contributed by atoms with Crippen molar-refractivity contribution in [1.82, 2.24) is 4.98 Å². The Kier molecular flexibility index (Phi) is 6.11. The van der Waals surface area contributed by atoms with Crippen LogP contribution in [0.3, 0.4) is 0 Å². The maximum atomic E-state index is 13.6. The van der Waals surface area contributed by atoms with Gasteiger partial charge in [-0.15, -0.1) is 11.3 Å². The van der Waals surface area contributed by atoms with E-state index in [1.165, 1.54) is 12.1 Å². The Balaban J connectivity index is 1.13. The van der Waals surface area contributed by atoms with E-state index >= 15 is 0 Å². The van der Waals surface area contributed by atoms with Crippen LogP contribution in [0, 0.1) is 23.0 Å². The first-order chi connectivity index (χ1) is 20.0. The minimum atomic E-state index is -0.585. The van der Waals surface area contributed by atoms with E-state index < -0.39 is 11.6 Å². The number of thiazole rings is 1. The summed E-state index contributed by atoms with van der Waals surface area (Å²) in [6, 6.07) is 40.3. The van der Waals surface area contributed by atoms with Gasteiger partial charge in [0, 0.05) is 11.6 Å². The molecule has 0 amide bonds. The second-order valence-electron chi connectivity index (χ2n) is 9.90. The normalized spacial score (nSPS) is 11.1. The molecule has 1 aromatic heterocycles. The third-order valence-electron chi connectivity index (χ3n) is 7.24. The number of fused-ring (bicyclic) bond motifs is 2. The molecule has 0 atom stereocenters. The molecule has 1 heterocycles. The van der Waals surface area contributed by atoms with Crippen molar-refractivity contribution in [2.24, 2.45) is 0 Å². The van der Waals surface area contributed by atoms with Gasteiger partial charge in [0.15, 0.2) is 0 Å². The van der Waals surface area contributed by atoms with Crippen molar-refractivity contribution in [2.75, 3.05) is 0 Å². The fraction of sp³-hybridized carbons (Fsp3) is 0. The lowest BCUT2D eigenvalue weighted by Gasteiger charge is -2.09. The van der Waals surface area contributed by atoms with Gasteiger partial charge in [0.05, 0.1) is 21.8 Å². The second kappa shape index (κ2) is 10.1. The number of rotatable bonds is 4. The van der Waals surface area contributed by atoms with Gasteiger partial charge in [0.25, 0.3) is 0 Å².